The molecule has 0 fully saturated rings. The molecule has 2 rings (SSSR count). The number of hydrogen-bond donors (Lipinski definition) is 1. The van der Waals surface area contributed by atoms with Crippen LogP contribution in [0.5, 0.6) is 0 Å². The summed E-state index contributed by atoms with van der Waals surface area (Å²) in [5.41, 5.74) is 8.59. The monoisotopic (exact) mass is 258 g/mol. The molecule has 1 atom stereocenters. The molecule has 0 bridgehead atoms. The molecule has 2 nitrogen and oxygen atoms in total. The van der Waals surface area contributed by atoms with Crippen molar-refractivity contribution in [1.82, 2.24) is 0 Å². The first-order chi connectivity index (χ1) is 9.13. The molecule has 1 unspecified atom stereocenters. The van der Waals surface area contributed by atoms with E-state index in [0.29, 0.717) is 5.69 Å². The van der Waals surface area contributed by atoms with Crippen LogP contribution in [0.25, 0.3) is 0 Å². The second-order valence-corrected chi connectivity index (χ2v) is 4.62. The second-order valence-electron chi connectivity index (χ2n) is 4.62. The van der Waals surface area contributed by atoms with Gasteiger partial charge in [-0.2, -0.15) is 0 Å². The van der Waals surface area contributed by atoms with Crippen LogP contribution < -0.4 is 10.6 Å². The largest absolute Gasteiger partial charge is 0.342 e. The molecule has 0 aliphatic heterocycles. The van der Waals surface area contributed by atoms with E-state index in [1.54, 1.807) is 12.1 Å². The molecule has 0 heterocycles. The highest BCUT2D eigenvalue weighted by molar-refractivity contribution is 5.63. The Morgan fingerprint density at radius 3 is 2.32 bits per heavy atom. The first kappa shape index (κ1) is 13.6. The highest BCUT2D eigenvalue weighted by Crippen LogP contribution is 2.27. The lowest BCUT2D eigenvalue weighted by Gasteiger charge is -2.21. The molecule has 0 saturated carbocycles. The van der Waals surface area contributed by atoms with Crippen LogP contribution >= 0.6 is 0 Å². The van der Waals surface area contributed by atoms with Crippen molar-refractivity contribution in [3.05, 3.63) is 59.9 Å². The first-order valence-corrected chi connectivity index (χ1v) is 6.47. The van der Waals surface area contributed by atoms with Crippen LogP contribution in [0, 0.1) is 5.82 Å². The lowest BCUT2D eigenvalue weighted by molar-refractivity contribution is 0.627. The average molecular weight is 258 g/mol. The maximum absolute atomic E-state index is 13.7. The number of anilines is 2. The van der Waals surface area contributed by atoms with E-state index in [-0.39, 0.29) is 11.9 Å². The van der Waals surface area contributed by atoms with Gasteiger partial charge in [0.2, 0.25) is 0 Å². The zero-order chi connectivity index (χ0) is 13.8. The molecular formula is C16H19FN2. The van der Waals surface area contributed by atoms with E-state index < -0.39 is 0 Å². The van der Waals surface area contributed by atoms with E-state index in [4.69, 9.17) is 5.73 Å². The van der Waals surface area contributed by atoms with E-state index in [2.05, 4.69) is 6.92 Å². The van der Waals surface area contributed by atoms with Gasteiger partial charge in [0, 0.05) is 18.8 Å². The van der Waals surface area contributed by atoms with Crippen LogP contribution in [0.1, 0.15) is 24.9 Å². The van der Waals surface area contributed by atoms with Crippen LogP contribution in [0.4, 0.5) is 15.8 Å². The van der Waals surface area contributed by atoms with Gasteiger partial charge in [0.1, 0.15) is 5.82 Å². The van der Waals surface area contributed by atoms with Crippen molar-refractivity contribution in [3.63, 3.8) is 0 Å². The van der Waals surface area contributed by atoms with Gasteiger partial charge in [-0.15, -0.1) is 0 Å². The molecule has 2 N–H and O–H groups in total. The predicted molar refractivity (Wildman–Crippen MR) is 78.1 cm³/mol. The number of halogens is 1. The third-order valence-electron chi connectivity index (χ3n) is 3.36. The predicted octanol–water partition coefficient (Wildman–Crippen LogP) is 4.00. The summed E-state index contributed by atoms with van der Waals surface area (Å²) in [7, 11) is 1.85. The third kappa shape index (κ3) is 2.93. The third-order valence-corrected chi connectivity index (χ3v) is 3.36. The molecule has 0 spiro atoms. The van der Waals surface area contributed by atoms with Crippen LogP contribution in [-0.4, -0.2) is 7.05 Å². The normalized spacial score (nSPS) is 12.2. The van der Waals surface area contributed by atoms with E-state index in [1.165, 1.54) is 6.07 Å². The number of rotatable bonds is 4. The van der Waals surface area contributed by atoms with Gasteiger partial charge in [-0.05, 0) is 36.2 Å². The van der Waals surface area contributed by atoms with Crippen LogP contribution in [0.3, 0.4) is 0 Å². The molecular weight excluding hydrogens is 239 g/mol. The van der Waals surface area contributed by atoms with Crippen molar-refractivity contribution in [2.75, 3.05) is 11.9 Å². The molecule has 0 radical (unpaired) electrons. The Bertz CT molecular complexity index is 537. The van der Waals surface area contributed by atoms with Crippen LogP contribution in [-0.2, 0) is 0 Å². The van der Waals surface area contributed by atoms with E-state index >= 15 is 0 Å². The fraction of sp³-hybridized carbons (Fsp3) is 0.250. The highest BCUT2D eigenvalue weighted by Gasteiger charge is 2.09. The number of nitrogens with two attached hydrogens (primary N) is 1. The Morgan fingerprint density at radius 2 is 1.74 bits per heavy atom. The van der Waals surface area contributed by atoms with Gasteiger partial charge >= 0.3 is 0 Å². The Labute approximate surface area is 113 Å². The lowest BCUT2D eigenvalue weighted by Crippen LogP contribution is -2.12. The zero-order valence-corrected chi connectivity index (χ0v) is 11.3. The number of para-hydroxylation sites is 1. The summed E-state index contributed by atoms with van der Waals surface area (Å²) in [6.45, 7) is 2.06. The highest BCUT2D eigenvalue weighted by atomic mass is 19.1. The molecule has 2 aromatic carbocycles. The number of hydrogen-bond acceptors (Lipinski definition) is 2. The summed E-state index contributed by atoms with van der Waals surface area (Å²) >= 11 is 0. The smallest absolute Gasteiger partial charge is 0.146 e. The minimum absolute atomic E-state index is 0.0628. The Morgan fingerprint density at radius 1 is 1.11 bits per heavy atom. The Hall–Kier alpha value is -1.87. The quantitative estimate of drug-likeness (QED) is 0.898. The van der Waals surface area contributed by atoms with Gasteiger partial charge in [0.25, 0.3) is 0 Å². The summed E-state index contributed by atoms with van der Waals surface area (Å²) in [5, 5.41) is 0. The minimum atomic E-state index is -0.223. The molecule has 100 valence electrons. The van der Waals surface area contributed by atoms with Gasteiger partial charge in [0.15, 0.2) is 0 Å². The maximum atomic E-state index is 13.7. The van der Waals surface area contributed by atoms with E-state index in [9.17, 15) is 4.39 Å². The molecule has 0 aliphatic carbocycles. The summed E-state index contributed by atoms with van der Waals surface area (Å²) < 4.78 is 13.7. The van der Waals surface area contributed by atoms with Crippen LogP contribution in [0.2, 0.25) is 0 Å². The Balaban J connectivity index is 2.25. The second kappa shape index (κ2) is 5.85. The molecule has 0 amide bonds. The lowest BCUT2D eigenvalue weighted by atomic mass is 10.1. The molecule has 19 heavy (non-hydrogen) atoms. The minimum Gasteiger partial charge on any atom is -0.342 e. The fourth-order valence-electron chi connectivity index (χ4n) is 2.04. The number of nitrogens with zero attached hydrogens (tertiary/aromatic N) is 1. The van der Waals surface area contributed by atoms with Crippen molar-refractivity contribution in [2.24, 2.45) is 5.73 Å². The van der Waals surface area contributed by atoms with Gasteiger partial charge in [-0.25, -0.2) is 4.39 Å². The standard InChI is InChI=1S/C16H19FN2/c1-3-15(18)12-8-10-13(11-9-12)19(2)16-7-5-4-6-14(16)17/h4-11,15H,3,18H2,1-2H3. The van der Waals surface area contributed by atoms with Gasteiger partial charge in [-0.1, -0.05) is 31.2 Å². The summed E-state index contributed by atoms with van der Waals surface area (Å²) in [5.74, 6) is -0.223. The van der Waals surface area contributed by atoms with Crippen LogP contribution in [0.15, 0.2) is 48.5 Å². The van der Waals surface area contributed by atoms with Gasteiger partial charge in [0.05, 0.1) is 5.69 Å². The van der Waals surface area contributed by atoms with Gasteiger partial charge in [-0.3, -0.25) is 0 Å². The van der Waals surface area contributed by atoms with Crippen molar-refractivity contribution < 1.29 is 4.39 Å². The SMILES string of the molecule is CCC(N)c1ccc(N(C)c2ccccc2F)cc1. The first-order valence-electron chi connectivity index (χ1n) is 6.47. The topological polar surface area (TPSA) is 29.3 Å². The molecule has 2 aromatic rings. The molecule has 0 aliphatic rings. The summed E-state index contributed by atoms with van der Waals surface area (Å²) in [6.07, 6.45) is 0.905. The number of benzene rings is 2. The van der Waals surface area contributed by atoms with E-state index in [1.807, 2.05) is 42.3 Å². The van der Waals surface area contributed by atoms with Gasteiger partial charge < -0.3 is 10.6 Å². The van der Waals surface area contributed by atoms with Crippen molar-refractivity contribution in [1.29, 1.82) is 0 Å². The maximum Gasteiger partial charge on any atom is 0.146 e. The van der Waals surface area contributed by atoms with Crippen molar-refractivity contribution in [2.45, 2.75) is 19.4 Å². The molecule has 0 aromatic heterocycles. The summed E-state index contributed by atoms with van der Waals surface area (Å²) in [6, 6.07) is 14.8. The fourth-order valence-corrected chi connectivity index (χ4v) is 2.04. The van der Waals surface area contributed by atoms with E-state index in [0.717, 1.165) is 17.7 Å². The average Bonchev–Trinajstić information content (AvgIpc) is 2.46. The summed E-state index contributed by atoms with van der Waals surface area (Å²) in [4.78, 5) is 1.83. The van der Waals surface area contributed by atoms with Crippen molar-refractivity contribution in [3.8, 4) is 0 Å². The molecule has 3 heteroatoms. The Kier molecular flexibility index (Phi) is 4.17. The molecule has 0 saturated heterocycles. The van der Waals surface area contributed by atoms with Crippen molar-refractivity contribution >= 4 is 11.4 Å². The zero-order valence-electron chi connectivity index (χ0n) is 11.3.